The molecule has 0 radical (unpaired) electrons. The number of carboxylic acid groups (broad SMARTS) is 2. The number of carbonyl (C=O) groups excluding carboxylic acids is 1. The first-order valence-corrected chi connectivity index (χ1v) is 11.1. The number of hydrogen-bond acceptors (Lipinski definition) is 7. The van der Waals surface area contributed by atoms with Gasteiger partial charge in [-0.15, -0.1) is 0 Å². The van der Waals surface area contributed by atoms with Crippen LogP contribution in [-0.4, -0.2) is 92.0 Å². The Morgan fingerprint density at radius 1 is 0.906 bits per heavy atom. The Morgan fingerprint density at radius 2 is 1.53 bits per heavy atom. The van der Waals surface area contributed by atoms with Gasteiger partial charge in [-0.2, -0.15) is 0 Å². The first-order valence-electron chi connectivity index (χ1n) is 11.1. The van der Waals surface area contributed by atoms with Gasteiger partial charge >= 0.3 is 11.9 Å². The number of hydrogen-bond donors (Lipinski definition) is 4. The van der Waals surface area contributed by atoms with Crippen LogP contribution >= 0.6 is 0 Å². The quantitative estimate of drug-likeness (QED) is 0.339. The van der Waals surface area contributed by atoms with E-state index < -0.39 is 11.9 Å². The predicted octanol–water partition coefficient (Wildman–Crippen LogP) is 1.08. The predicted molar refractivity (Wildman–Crippen MR) is 121 cm³/mol. The van der Waals surface area contributed by atoms with Crippen LogP contribution in [0.2, 0.25) is 0 Å². The van der Waals surface area contributed by atoms with E-state index in [0.29, 0.717) is 6.54 Å². The molecule has 4 N–H and O–H groups in total. The average Bonchev–Trinajstić information content (AvgIpc) is 2.81. The van der Waals surface area contributed by atoms with Gasteiger partial charge in [-0.3, -0.25) is 9.69 Å². The molecule has 0 spiro atoms. The average molecular weight is 451 g/mol. The highest BCUT2D eigenvalue weighted by molar-refractivity contribution is 6.27. The fourth-order valence-electron chi connectivity index (χ4n) is 3.57. The van der Waals surface area contributed by atoms with Gasteiger partial charge in [0.1, 0.15) is 0 Å². The van der Waals surface area contributed by atoms with Crippen LogP contribution in [0.15, 0.2) is 24.3 Å². The lowest BCUT2D eigenvalue weighted by Gasteiger charge is -2.28. The summed E-state index contributed by atoms with van der Waals surface area (Å²) in [6.45, 7) is 8.28. The molecule has 1 aromatic carbocycles. The SMILES string of the molecule is O=C(CNCCCN1CCOCC1)Nc1ccc(N2CCCCC2)cc1.O=C(O)C(=O)O. The Balaban J connectivity index is 0.000000534. The minimum Gasteiger partial charge on any atom is -0.473 e. The van der Waals surface area contributed by atoms with E-state index in [4.69, 9.17) is 24.5 Å². The number of piperidine rings is 1. The highest BCUT2D eigenvalue weighted by atomic mass is 16.5. The maximum absolute atomic E-state index is 12.1. The van der Waals surface area contributed by atoms with E-state index in [9.17, 15) is 4.79 Å². The first kappa shape index (κ1) is 25.6. The molecule has 2 heterocycles. The van der Waals surface area contributed by atoms with E-state index in [1.165, 1.54) is 24.9 Å². The topological polar surface area (TPSA) is 131 Å². The monoisotopic (exact) mass is 450 g/mol. The fraction of sp³-hybridized carbons (Fsp3) is 0.591. The summed E-state index contributed by atoms with van der Waals surface area (Å²) in [5, 5.41) is 21.0. The van der Waals surface area contributed by atoms with Gasteiger partial charge in [0.2, 0.25) is 5.91 Å². The van der Waals surface area contributed by atoms with Crippen LogP contribution in [0.1, 0.15) is 25.7 Å². The van der Waals surface area contributed by atoms with Gasteiger partial charge in [-0.1, -0.05) is 0 Å². The summed E-state index contributed by atoms with van der Waals surface area (Å²) in [6, 6.07) is 8.22. The summed E-state index contributed by atoms with van der Waals surface area (Å²) < 4.78 is 5.34. The molecule has 0 saturated carbocycles. The number of anilines is 2. The maximum atomic E-state index is 12.1. The third-order valence-corrected chi connectivity index (χ3v) is 5.27. The maximum Gasteiger partial charge on any atom is 0.414 e. The number of carbonyl (C=O) groups is 3. The van der Waals surface area contributed by atoms with Gasteiger partial charge in [0.05, 0.1) is 19.8 Å². The number of carboxylic acids is 2. The van der Waals surface area contributed by atoms with E-state index in [2.05, 4.69) is 32.6 Å². The van der Waals surface area contributed by atoms with Crippen molar-refractivity contribution < 1.29 is 29.3 Å². The number of amides is 1. The number of nitrogens with zero attached hydrogens (tertiary/aromatic N) is 2. The molecule has 10 heteroatoms. The number of rotatable bonds is 8. The molecule has 0 atom stereocenters. The molecule has 3 rings (SSSR count). The minimum atomic E-state index is -1.82. The lowest BCUT2D eigenvalue weighted by molar-refractivity contribution is -0.159. The molecule has 2 saturated heterocycles. The van der Waals surface area contributed by atoms with Gasteiger partial charge in [-0.05, 0) is 63.0 Å². The largest absolute Gasteiger partial charge is 0.473 e. The van der Waals surface area contributed by atoms with Crippen LogP contribution < -0.4 is 15.5 Å². The zero-order valence-electron chi connectivity index (χ0n) is 18.4. The molecule has 10 nitrogen and oxygen atoms in total. The van der Waals surface area contributed by atoms with Crippen molar-refractivity contribution in [1.82, 2.24) is 10.2 Å². The Morgan fingerprint density at radius 3 is 2.12 bits per heavy atom. The van der Waals surface area contributed by atoms with Crippen molar-refractivity contribution in [3.63, 3.8) is 0 Å². The van der Waals surface area contributed by atoms with E-state index in [0.717, 1.165) is 64.6 Å². The second-order valence-electron chi connectivity index (χ2n) is 7.74. The number of benzene rings is 1. The first-order chi connectivity index (χ1) is 15.5. The lowest BCUT2D eigenvalue weighted by Crippen LogP contribution is -2.38. The van der Waals surface area contributed by atoms with Crippen molar-refractivity contribution in [2.45, 2.75) is 25.7 Å². The summed E-state index contributed by atoms with van der Waals surface area (Å²) in [5.41, 5.74) is 2.12. The molecular formula is C22H34N4O6. The molecule has 0 aliphatic carbocycles. The standard InChI is InChI=1S/C20H32N4O2.C2H2O4/c25-20(17-21-9-4-10-23-13-15-26-16-14-23)22-18-5-7-19(8-6-18)24-11-2-1-3-12-24;3-1(4)2(5)6/h5-8,21H,1-4,9-17H2,(H,22,25);(H,3,4)(H,5,6). The summed E-state index contributed by atoms with van der Waals surface area (Å²) in [5.74, 6) is -3.63. The molecule has 2 aliphatic rings. The molecular weight excluding hydrogens is 416 g/mol. The summed E-state index contributed by atoms with van der Waals surface area (Å²) in [7, 11) is 0. The van der Waals surface area contributed by atoms with Crippen LogP contribution in [0.5, 0.6) is 0 Å². The zero-order chi connectivity index (χ0) is 23.2. The van der Waals surface area contributed by atoms with Gasteiger partial charge in [0.15, 0.2) is 0 Å². The number of morpholine rings is 1. The summed E-state index contributed by atoms with van der Waals surface area (Å²) in [6.07, 6.45) is 4.94. The van der Waals surface area contributed by atoms with Gasteiger partial charge < -0.3 is 30.5 Å². The van der Waals surface area contributed by atoms with E-state index in [1.54, 1.807) is 0 Å². The van der Waals surface area contributed by atoms with Crippen LogP contribution in [-0.2, 0) is 19.1 Å². The Hall–Kier alpha value is -2.69. The fourth-order valence-corrected chi connectivity index (χ4v) is 3.57. The van der Waals surface area contributed by atoms with Crippen LogP contribution in [0.3, 0.4) is 0 Å². The Labute approximate surface area is 188 Å². The molecule has 0 unspecified atom stereocenters. The van der Waals surface area contributed by atoms with Crippen LogP contribution in [0.4, 0.5) is 11.4 Å². The van der Waals surface area contributed by atoms with E-state index in [-0.39, 0.29) is 5.91 Å². The van der Waals surface area contributed by atoms with Crippen LogP contribution in [0, 0.1) is 0 Å². The molecule has 1 amide bonds. The van der Waals surface area contributed by atoms with Crippen molar-refractivity contribution >= 4 is 29.2 Å². The van der Waals surface area contributed by atoms with Crippen molar-refractivity contribution in [3.05, 3.63) is 24.3 Å². The Bertz CT molecular complexity index is 704. The van der Waals surface area contributed by atoms with Crippen molar-refractivity contribution in [3.8, 4) is 0 Å². The zero-order valence-corrected chi connectivity index (χ0v) is 18.4. The highest BCUT2D eigenvalue weighted by Crippen LogP contribution is 2.21. The second kappa shape index (κ2) is 14.4. The van der Waals surface area contributed by atoms with Crippen molar-refractivity contribution in [2.24, 2.45) is 0 Å². The molecule has 32 heavy (non-hydrogen) atoms. The third-order valence-electron chi connectivity index (χ3n) is 5.27. The minimum absolute atomic E-state index is 0.0158. The Kier molecular flexibility index (Phi) is 11.5. The smallest absolute Gasteiger partial charge is 0.414 e. The highest BCUT2D eigenvalue weighted by Gasteiger charge is 2.11. The van der Waals surface area contributed by atoms with Gasteiger partial charge in [-0.25, -0.2) is 9.59 Å². The molecule has 2 aliphatic heterocycles. The summed E-state index contributed by atoms with van der Waals surface area (Å²) in [4.78, 5) is 35.1. The lowest BCUT2D eigenvalue weighted by atomic mass is 10.1. The van der Waals surface area contributed by atoms with Crippen molar-refractivity contribution in [2.75, 3.05) is 69.2 Å². The molecule has 2 fully saturated rings. The molecule has 1 aromatic rings. The number of ether oxygens (including phenoxy) is 1. The third kappa shape index (κ3) is 10.1. The van der Waals surface area contributed by atoms with Crippen LogP contribution in [0.25, 0.3) is 0 Å². The second-order valence-corrected chi connectivity index (χ2v) is 7.74. The normalized spacial score (nSPS) is 16.6. The number of nitrogens with one attached hydrogen (secondary N) is 2. The van der Waals surface area contributed by atoms with Crippen molar-refractivity contribution in [1.29, 1.82) is 0 Å². The molecule has 0 bridgehead atoms. The van der Waals surface area contributed by atoms with E-state index >= 15 is 0 Å². The van der Waals surface area contributed by atoms with Gasteiger partial charge in [0.25, 0.3) is 0 Å². The van der Waals surface area contributed by atoms with Gasteiger partial charge in [0, 0.05) is 37.6 Å². The summed E-state index contributed by atoms with van der Waals surface area (Å²) >= 11 is 0. The van der Waals surface area contributed by atoms with E-state index in [1.807, 2.05) is 12.1 Å². The molecule has 0 aromatic heterocycles. The molecule has 178 valence electrons. The number of aliphatic carboxylic acids is 2.